The average molecular weight is 495 g/mol. The molecule has 0 unspecified atom stereocenters. The van der Waals surface area contributed by atoms with Gasteiger partial charge in [0.05, 0.1) is 4.90 Å². The zero-order chi connectivity index (χ0) is 25.4. The summed E-state index contributed by atoms with van der Waals surface area (Å²) in [6.07, 6.45) is 0.939. The lowest BCUT2D eigenvalue weighted by Crippen LogP contribution is -2.23. The molecule has 0 atom stereocenters. The Bertz CT molecular complexity index is 1250. The van der Waals surface area contributed by atoms with Crippen LogP contribution in [0.2, 0.25) is 0 Å². The van der Waals surface area contributed by atoms with Gasteiger partial charge in [0.15, 0.2) is 0 Å². The summed E-state index contributed by atoms with van der Waals surface area (Å²) in [6.45, 7) is 2.41. The highest BCUT2D eigenvalue weighted by atomic mass is 32.2. The monoisotopic (exact) mass is 494 g/mol. The normalized spacial score (nSPS) is 11.3. The highest BCUT2D eigenvalue weighted by Gasteiger charge is 2.14. The van der Waals surface area contributed by atoms with Crippen LogP contribution in [0.1, 0.15) is 28.4 Å². The van der Waals surface area contributed by atoms with Crippen LogP contribution in [0, 0.1) is 0 Å². The Morgan fingerprint density at radius 2 is 1.31 bits per heavy atom. The number of benzene rings is 3. The molecular weight excluding hydrogens is 464 g/mol. The maximum absolute atomic E-state index is 12.6. The molecule has 184 valence electrons. The van der Waals surface area contributed by atoms with Gasteiger partial charge in [-0.25, -0.2) is 13.1 Å². The number of carbonyl (C=O) groups is 2. The van der Waals surface area contributed by atoms with E-state index in [0.717, 1.165) is 13.0 Å². The van der Waals surface area contributed by atoms with Crippen LogP contribution in [-0.2, 0) is 27.8 Å². The Balaban J connectivity index is 1.54. The van der Waals surface area contributed by atoms with Crippen molar-refractivity contribution in [3.63, 3.8) is 0 Å². The van der Waals surface area contributed by atoms with E-state index < -0.39 is 10.0 Å². The van der Waals surface area contributed by atoms with Crippen LogP contribution < -0.4 is 15.4 Å². The predicted octanol–water partition coefficient (Wildman–Crippen LogP) is 3.48. The quantitative estimate of drug-likeness (QED) is 0.400. The summed E-state index contributed by atoms with van der Waals surface area (Å²) in [6, 6.07) is 20.4. The molecule has 3 rings (SSSR count). The molecular formula is C26H30N4O4S. The third kappa shape index (κ3) is 8.03. The number of nitrogens with one attached hydrogen (secondary N) is 3. The van der Waals surface area contributed by atoms with E-state index in [-0.39, 0.29) is 23.3 Å². The highest BCUT2D eigenvalue weighted by Crippen LogP contribution is 2.16. The van der Waals surface area contributed by atoms with Crippen molar-refractivity contribution in [1.29, 1.82) is 0 Å². The fourth-order valence-electron chi connectivity index (χ4n) is 3.27. The summed E-state index contributed by atoms with van der Waals surface area (Å²) in [5.74, 6) is -0.471. The molecule has 3 N–H and O–H groups in total. The van der Waals surface area contributed by atoms with Crippen molar-refractivity contribution in [3.8, 4) is 0 Å². The smallest absolute Gasteiger partial charge is 0.255 e. The van der Waals surface area contributed by atoms with Gasteiger partial charge in [0, 0.05) is 37.0 Å². The third-order valence-electron chi connectivity index (χ3n) is 5.23. The van der Waals surface area contributed by atoms with Crippen molar-refractivity contribution in [3.05, 3.63) is 89.5 Å². The Kier molecular flexibility index (Phi) is 8.75. The minimum atomic E-state index is -3.73. The molecule has 0 aliphatic heterocycles. The zero-order valence-electron chi connectivity index (χ0n) is 20.0. The van der Waals surface area contributed by atoms with E-state index in [2.05, 4.69) is 20.3 Å². The molecule has 0 aromatic heterocycles. The first-order valence-electron chi connectivity index (χ1n) is 11.1. The van der Waals surface area contributed by atoms with Crippen molar-refractivity contribution in [1.82, 2.24) is 9.62 Å². The van der Waals surface area contributed by atoms with Gasteiger partial charge in [-0.15, -0.1) is 0 Å². The molecule has 35 heavy (non-hydrogen) atoms. The molecule has 8 nitrogen and oxygen atoms in total. The number of likely N-dealkylation sites (N-methyl/N-ethyl adjacent to an activating group) is 1. The summed E-state index contributed by atoms with van der Waals surface area (Å²) in [4.78, 5) is 25.9. The molecule has 9 heteroatoms. The number of nitrogens with zero attached hydrogens (tertiary/aromatic N) is 1. The first-order valence-corrected chi connectivity index (χ1v) is 12.6. The number of sulfonamides is 1. The standard InChI is InChI=1S/C26H30N4O4S/c1-19(31)28-23-12-14-25(15-13-23)35(33,34)27-18-21-4-8-22(9-5-21)26(32)29-24-10-6-20(7-11-24)16-17-30(2)3/h4-15,27H,16-18H2,1-3H3,(H,28,31)(H,29,32). The largest absolute Gasteiger partial charge is 0.326 e. The minimum absolute atomic E-state index is 0.0755. The topological polar surface area (TPSA) is 108 Å². The number of carbonyl (C=O) groups excluding carboxylic acids is 2. The fourth-order valence-corrected chi connectivity index (χ4v) is 4.28. The lowest BCUT2D eigenvalue weighted by atomic mass is 10.1. The van der Waals surface area contributed by atoms with Crippen LogP contribution in [0.4, 0.5) is 11.4 Å². The van der Waals surface area contributed by atoms with Crippen molar-refractivity contribution in [2.75, 3.05) is 31.3 Å². The second-order valence-corrected chi connectivity index (χ2v) is 10.2. The van der Waals surface area contributed by atoms with Gasteiger partial charge in [-0.2, -0.15) is 0 Å². The van der Waals surface area contributed by atoms with E-state index >= 15 is 0 Å². The average Bonchev–Trinajstić information content (AvgIpc) is 2.82. The minimum Gasteiger partial charge on any atom is -0.326 e. The number of amides is 2. The van der Waals surface area contributed by atoms with Crippen molar-refractivity contribution < 1.29 is 18.0 Å². The molecule has 0 bridgehead atoms. The second kappa shape index (κ2) is 11.7. The van der Waals surface area contributed by atoms with Crippen LogP contribution in [-0.4, -0.2) is 45.8 Å². The van der Waals surface area contributed by atoms with Gasteiger partial charge in [0.2, 0.25) is 15.9 Å². The zero-order valence-corrected chi connectivity index (χ0v) is 20.9. The lowest BCUT2D eigenvalue weighted by Gasteiger charge is -2.11. The molecule has 0 spiro atoms. The summed E-state index contributed by atoms with van der Waals surface area (Å²) >= 11 is 0. The third-order valence-corrected chi connectivity index (χ3v) is 6.64. The lowest BCUT2D eigenvalue weighted by molar-refractivity contribution is -0.114. The summed E-state index contributed by atoms with van der Waals surface area (Å²) in [7, 11) is 0.335. The number of anilines is 2. The van der Waals surface area contributed by atoms with Gasteiger partial charge in [-0.1, -0.05) is 24.3 Å². The summed E-state index contributed by atoms with van der Waals surface area (Å²) in [5, 5.41) is 5.47. The van der Waals surface area contributed by atoms with Gasteiger partial charge >= 0.3 is 0 Å². The summed E-state index contributed by atoms with van der Waals surface area (Å²) in [5.41, 5.74) is 3.62. The van der Waals surface area contributed by atoms with E-state index in [1.165, 1.54) is 36.8 Å². The molecule has 0 radical (unpaired) electrons. The SMILES string of the molecule is CC(=O)Nc1ccc(S(=O)(=O)NCc2ccc(C(=O)Nc3ccc(CCN(C)C)cc3)cc2)cc1. The maximum atomic E-state index is 12.6. The van der Waals surface area contributed by atoms with E-state index in [4.69, 9.17) is 0 Å². The predicted molar refractivity (Wildman–Crippen MR) is 138 cm³/mol. The maximum Gasteiger partial charge on any atom is 0.255 e. The van der Waals surface area contributed by atoms with E-state index in [1.54, 1.807) is 24.3 Å². The first kappa shape index (κ1) is 26.1. The van der Waals surface area contributed by atoms with E-state index in [9.17, 15) is 18.0 Å². The first-order chi connectivity index (χ1) is 16.6. The highest BCUT2D eigenvalue weighted by molar-refractivity contribution is 7.89. The molecule has 0 saturated carbocycles. The van der Waals surface area contributed by atoms with E-state index in [1.807, 2.05) is 38.4 Å². The van der Waals surface area contributed by atoms with Gasteiger partial charge in [0.1, 0.15) is 0 Å². The number of rotatable bonds is 10. The fraction of sp³-hybridized carbons (Fsp3) is 0.231. The van der Waals surface area contributed by atoms with Gasteiger partial charge in [-0.3, -0.25) is 9.59 Å². The van der Waals surface area contributed by atoms with Crippen molar-refractivity contribution in [2.24, 2.45) is 0 Å². The van der Waals surface area contributed by atoms with Gasteiger partial charge in [0.25, 0.3) is 5.91 Å². The Morgan fingerprint density at radius 3 is 1.89 bits per heavy atom. The molecule has 0 aliphatic rings. The Hall–Kier alpha value is -3.53. The second-order valence-electron chi connectivity index (χ2n) is 8.43. The van der Waals surface area contributed by atoms with E-state index in [0.29, 0.717) is 22.5 Å². The summed E-state index contributed by atoms with van der Waals surface area (Å²) < 4.78 is 27.6. The molecule has 0 fully saturated rings. The van der Waals surface area contributed by atoms with Gasteiger partial charge in [-0.05, 0) is 80.2 Å². The molecule has 0 heterocycles. The Labute approximate surface area is 206 Å². The molecule has 3 aromatic rings. The van der Waals surface area contributed by atoms with Crippen LogP contribution in [0.5, 0.6) is 0 Å². The van der Waals surface area contributed by atoms with Crippen molar-refractivity contribution in [2.45, 2.75) is 24.8 Å². The molecule has 3 aromatic carbocycles. The molecule has 2 amide bonds. The number of hydrogen-bond acceptors (Lipinski definition) is 5. The van der Waals surface area contributed by atoms with Gasteiger partial charge < -0.3 is 15.5 Å². The molecule has 0 aliphatic carbocycles. The van der Waals surface area contributed by atoms with Crippen molar-refractivity contribution >= 4 is 33.2 Å². The number of hydrogen-bond donors (Lipinski definition) is 3. The van der Waals surface area contributed by atoms with Crippen LogP contribution in [0.25, 0.3) is 0 Å². The van der Waals surface area contributed by atoms with Crippen LogP contribution in [0.3, 0.4) is 0 Å². The van der Waals surface area contributed by atoms with Crippen LogP contribution in [0.15, 0.2) is 77.7 Å². The van der Waals surface area contributed by atoms with Crippen LogP contribution >= 0.6 is 0 Å². The molecule has 0 saturated heterocycles. The Morgan fingerprint density at radius 1 is 0.771 bits per heavy atom.